The highest BCUT2D eigenvalue weighted by atomic mass is 35.5. The highest BCUT2D eigenvalue weighted by molar-refractivity contribution is 7.19. The van der Waals surface area contributed by atoms with Crippen LogP contribution < -0.4 is 0 Å². The maximum absolute atomic E-state index is 9.02. The second-order valence-corrected chi connectivity index (χ2v) is 4.22. The van der Waals surface area contributed by atoms with Gasteiger partial charge in [-0.05, 0) is 24.3 Å². The fourth-order valence-electron chi connectivity index (χ4n) is 0.984. The Morgan fingerprint density at radius 1 is 1.23 bits per heavy atom. The highest BCUT2D eigenvalue weighted by Crippen LogP contribution is 2.29. The van der Waals surface area contributed by atoms with Crippen molar-refractivity contribution in [3.63, 3.8) is 0 Å². The van der Waals surface area contributed by atoms with Crippen molar-refractivity contribution in [2.45, 2.75) is 0 Å². The molecule has 0 unspecified atom stereocenters. The Kier molecular flexibility index (Phi) is 2.20. The maximum Gasteiger partial charge on any atom is 0.133 e. The molecule has 0 saturated heterocycles. The molecule has 0 atom stereocenters. The van der Waals surface area contributed by atoms with Crippen LogP contribution in [0.25, 0.3) is 10.6 Å². The average molecular weight is 212 g/mol. The molecule has 0 aliphatic rings. The Morgan fingerprint density at radius 2 is 2.08 bits per heavy atom. The summed E-state index contributed by atoms with van der Waals surface area (Å²) in [5, 5.41) is 9.02. The van der Waals surface area contributed by atoms with E-state index in [2.05, 4.69) is 4.98 Å². The van der Waals surface area contributed by atoms with Crippen molar-refractivity contribution in [1.82, 2.24) is 4.98 Å². The predicted molar refractivity (Wildman–Crippen MR) is 54.2 cm³/mol. The van der Waals surface area contributed by atoms with Crippen molar-refractivity contribution in [3.8, 4) is 16.3 Å². The summed E-state index contributed by atoms with van der Waals surface area (Å²) in [7, 11) is 0. The summed E-state index contributed by atoms with van der Waals surface area (Å²) in [5.41, 5.74) is 0.828. The minimum atomic E-state index is 0.173. The molecule has 2 aromatic rings. The van der Waals surface area contributed by atoms with E-state index in [1.807, 2.05) is 12.1 Å². The summed E-state index contributed by atoms with van der Waals surface area (Å²) in [4.78, 5) is 5.07. The van der Waals surface area contributed by atoms with Gasteiger partial charge >= 0.3 is 0 Å². The first-order valence-corrected chi connectivity index (χ1v) is 4.86. The van der Waals surface area contributed by atoms with Crippen LogP contribution in [0.1, 0.15) is 0 Å². The molecule has 0 aliphatic carbocycles. The number of halogens is 1. The zero-order chi connectivity index (χ0) is 9.26. The standard InChI is InChI=1S/C9H6ClNOS/c10-9-4-3-8(13-9)7-2-1-6(12)5-11-7/h1-5,12H. The summed E-state index contributed by atoms with van der Waals surface area (Å²) >= 11 is 7.25. The van der Waals surface area contributed by atoms with Crippen LogP contribution in [-0.4, -0.2) is 10.1 Å². The molecule has 2 heterocycles. The molecular weight excluding hydrogens is 206 g/mol. The predicted octanol–water partition coefficient (Wildman–Crippen LogP) is 3.17. The van der Waals surface area contributed by atoms with E-state index < -0.39 is 0 Å². The number of nitrogens with zero attached hydrogens (tertiary/aromatic N) is 1. The molecule has 0 saturated carbocycles. The van der Waals surface area contributed by atoms with Gasteiger partial charge in [-0.15, -0.1) is 11.3 Å². The van der Waals surface area contributed by atoms with Gasteiger partial charge in [0.05, 0.1) is 21.1 Å². The first kappa shape index (κ1) is 8.53. The van der Waals surface area contributed by atoms with E-state index in [0.717, 1.165) is 14.9 Å². The van der Waals surface area contributed by atoms with E-state index in [4.69, 9.17) is 16.7 Å². The fourth-order valence-corrected chi connectivity index (χ4v) is 2.00. The molecule has 2 rings (SSSR count). The van der Waals surface area contributed by atoms with Crippen molar-refractivity contribution in [2.24, 2.45) is 0 Å². The van der Waals surface area contributed by atoms with E-state index >= 15 is 0 Å². The van der Waals surface area contributed by atoms with Gasteiger partial charge in [0.2, 0.25) is 0 Å². The van der Waals surface area contributed by atoms with E-state index in [1.165, 1.54) is 17.5 Å². The lowest BCUT2D eigenvalue weighted by Gasteiger charge is -1.95. The molecule has 66 valence electrons. The summed E-state index contributed by atoms with van der Waals surface area (Å²) in [6.07, 6.45) is 1.42. The van der Waals surface area contributed by atoms with Gasteiger partial charge in [0.1, 0.15) is 5.75 Å². The Labute approximate surface area is 84.4 Å². The summed E-state index contributed by atoms with van der Waals surface area (Å²) < 4.78 is 0.741. The molecule has 0 aromatic carbocycles. The van der Waals surface area contributed by atoms with Gasteiger partial charge in [-0.1, -0.05) is 11.6 Å². The molecular formula is C9H6ClNOS. The molecule has 2 nitrogen and oxygen atoms in total. The molecule has 13 heavy (non-hydrogen) atoms. The Morgan fingerprint density at radius 3 is 2.62 bits per heavy atom. The SMILES string of the molecule is Oc1ccc(-c2ccc(Cl)s2)nc1. The van der Waals surface area contributed by atoms with Crippen LogP contribution in [0.15, 0.2) is 30.5 Å². The average Bonchev–Trinajstić information content (AvgIpc) is 2.53. The molecule has 0 fully saturated rings. The molecule has 0 radical (unpaired) electrons. The van der Waals surface area contributed by atoms with Crippen molar-refractivity contribution >= 4 is 22.9 Å². The lowest BCUT2D eigenvalue weighted by molar-refractivity contribution is 0.473. The molecule has 1 N–H and O–H groups in total. The van der Waals surface area contributed by atoms with Gasteiger partial charge in [0, 0.05) is 0 Å². The van der Waals surface area contributed by atoms with Gasteiger partial charge in [-0.25, -0.2) is 0 Å². The molecule has 0 aliphatic heterocycles. The molecule has 0 amide bonds. The van der Waals surface area contributed by atoms with Crippen LogP contribution in [0.4, 0.5) is 0 Å². The zero-order valence-corrected chi connectivity index (χ0v) is 8.14. The van der Waals surface area contributed by atoms with Gasteiger partial charge in [0.15, 0.2) is 0 Å². The smallest absolute Gasteiger partial charge is 0.133 e. The lowest BCUT2D eigenvalue weighted by Crippen LogP contribution is -1.77. The zero-order valence-electron chi connectivity index (χ0n) is 6.57. The number of rotatable bonds is 1. The fraction of sp³-hybridized carbons (Fsp3) is 0. The number of hydrogen-bond donors (Lipinski definition) is 1. The number of thiophene rings is 1. The molecule has 0 bridgehead atoms. The topological polar surface area (TPSA) is 33.1 Å². The van der Waals surface area contributed by atoms with E-state index in [-0.39, 0.29) is 5.75 Å². The number of aromatic nitrogens is 1. The van der Waals surface area contributed by atoms with Gasteiger partial charge in [-0.3, -0.25) is 4.98 Å². The molecule has 0 spiro atoms. The lowest BCUT2D eigenvalue weighted by atomic mass is 10.3. The Hall–Kier alpha value is -1.06. The van der Waals surface area contributed by atoms with Crippen LogP contribution in [0, 0.1) is 0 Å². The monoisotopic (exact) mass is 211 g/mol. The highest BCUT2D eigenvalue weighted by Gasteiger charge is 2.01. The van der Waals surface area contributed by atoms with Crippen LogP contribution in [-0.2, 0) is 0 Å². The number of pyridine rings is 1. The van der Waals surface area contributed by atoms with Crippen LogP contribution >= 0.6 is 22.9 Å². The third kappa shape index (κ3) is 1.82. The third-order valence-corrected chi connectivity index (χ3v) is 2.83. The minimum absolute atomic E-state index is 0.173. The summed E-state index contributed by atoms with van der Waals surface area (Å²) in [6, 6.07) is 7.11. The summed E-state index contributed by atoms with van der Waals surface area (Å²) in [6.45, 7) is 0. The molecule has 4 heteroatoms. The number of hydrogen-bond acceptors (Lipinski definition) is 3. The van der Waals surface area contributed by atoms with Gasteiger partial charge < -0.3 is 5.11 Å². The maximum atomic E-state index is 9.02. The van der Waals surface area contributed by atoms with Crippen LogP contribution in [0.2, 0.25) is 4.34 Å². The van der Waals surface area contributed by atoms with Gasteiger partial charge in [0.25, 0.3) is 0 Å². The quantitative estimate of drug-likeness (QED) is 0.786. The van der Waals surface area contributed by atoms with Crippen molar-refractivity contribution in [2.75, 3.05) is 0 Å². The van der Waals surface area contributed by atoms with Crippen molar-refractivity contribution in [1.29, 1.82) is 0 Å². The van der Waals surface area contributed by atoms with E-state index in [0.29, 0.717) is 0 Å². The summed E-state index contributed by atoms with van der Waals surface area (Å²) in [5.74, 6) is 0.173. The normalized spacial score (nSPS) is 10.2. The first-order chi connectivity index (χ1) is 6.25. The second-order valence-electron chi connectivity index (χ2n) is 2.51. The first-order valence-electron chi connectivity index (χ1n) is 3.66. The Bertz CT molecular complexity index is 410. The third-order valence-electron chi connectivity index (χ3n) is 1.57. The van der Waals surface area contributed by atoms with Crippen molar-refractivity contribution < 1.29 is 5.11 Å². The second kappa shape index (κ2) is 3.36. The Balaban J connectivity index is 2.41. The molecule has 2 aromatic heterocycles. The van der Waals surface area contributed by atoms with E-state index in [1.54, 1.807) is 12.1 Å². The van der Waals surface area contributed by atoms with Crippen molar-refractivity contribution in [3.05, 3.63) is 34.8 Å². The largest absolute Gasteiger partial charge is 0.506 e. The van der Waals surface area contributed by atoms with E-state index in [9.17, 15) is 0 Å². The van der Waals surface area contributed by atoms with Crippen LogP contribution in [0.5, 0.6) is 5.75 Å². The number of aromatic hydroxyl groups is 1. The van der Waals surface area contributed by atoms with Crippen LogP contribution in [0.3, 0.4) is 0 Å². The minimum Gasteiger partial charge on any atom is -0.506 e. The van der Waals surface area contributed by atoms with Gasteiger partial charge in [-0.2, -0.15) is 0 Å².